The first kappa shape index (κ1) is 14.0. The summed E-state index contributed by atoms with van der Waals surface area (Å²) in [5.41, 5.74) is 2.77. The number of carbonyl (C=O) groups excluding carboxylic acids is 1. The summed E-state index contributed by atoms with van der Waals surface area (Å²) in [6.07, 6.45) is 4.05. The van der Waals surface area contributed by atoms with E-state index in [4.69, 9.17) is 4.74 Å². The van der Waals surface area contributed by atoms with E-state index in [2.05, 4.69) is 22.9 Å². The maximum atomic E-state index is 11.1. The van der Waals surface area contributed by atoms with Crippen LogP contribution in [-0.2, 0) is 18.4 Å². The maximum absolute atomic E-state index is 11.1. The fourth-order valence-electron chi connectivity index (χ4n) is 1.99. The molecule has 5 heteroatoms. The molecule has 0 aliphatic rings. The first-order valence-corrected chi connectivity index (χ1v) is 6.39. The van der Waals surface area contributed by atoms with E-state index in [1.54, 1.807) is 7.11 Å². The predicted molar refractivity (Wildman–Crippen MR) is 80.0 cm³/mol. The summed E-state index contributed by atoms with van der Waals surface area (Å²) in [6, 6.07) is 7.56. The number of anilines is 2. The minimum Gasteiger partial charge on any atom is -0.495 e. The molecule has 0 spiro atoms. The fraction of sp³-hybridized carbons (Fsp3) is 0.267. The standard InChI is InChI=1S/C15H19N3O2/c1-11(19)17-13-4-5-15(20-3)14(8-13)16-9-12-6-7-18(2)10-12/h4-8,10,16H,9H2,1-3H3,(H,17,19). The van der Waals surface area contributed by atoms with Crippen LogP contribution in [0, 0.1) is 0 Å². The van der Waals surface area contributed by atoms with Crippen LogP contribution >= 0.6 is 0 Å². The summed E-state index contributed by atoms with van der Waals surface area (Å²) in [5, 5.41) is 6.08. The van der Waals surface area contributed by atoms with Gasteiger partial charge in [-0.25, -0.2) is 0 Å². The molecule has 0 unspecified atom stereocenters. The van der Waals surface area contributed by atoms with Crippen molar-refractivity contribution in [2.75, 3.05) is 17.7 Å². The van der Waals surface area contributed by atoms with Gasteiger partial charge in [-0.3, -0.25) is 4.79 Å². The van der Waals surface area contributed by atoms with Gasteiger partial charge in [-0.15, -0.1) is 0 Å². The molecule has 20 heavy (non-hydrogen) atoms. The van der Waals surface area contributed by atoms with Gasteiger partial charge in [0, 0.05) is 38.6 Å². The Bertz CT molecular complexity index is 605. The van der Waals surface area contributed by atoms with Crippen molar-refractivity contribution in [3.63, 3.8) is 0 Å². The normalized spacial score (nSPS) is 10.2. The van der Waals surface area contributed by atoms with E-state index in [1.165, 1.54) is 12.5 Å². The molecule has 1 amide bonds. The van der Waals surface area contributed by atoms with E-state index in [0.29, 0.717) is 6.54 Å². The Hall–Kier alpha value is -2.43. The van der Waals surface area contributed by atoms with Gasteiger partial charge in [0.25, 0.3) is 0 Å². The van der Waals surface area contributed by atoms with Gasteiger partial charge < -0.3 is 19.9 Å². The van der Waals surface area contributed by atoms with Gasteiger partial charge in [-0.2, -0.15) is 0 Å². The first-order valence-electron chi connectivity index (χ1n) is 6.39. The van der Waals surface area contributed by atoms with Crippen molar-refractivity contribution in [3.05, 3.63) is 42.2 Å². The van der Waals surface area contributed by atoms with Crippen LogP contribution in [0.3, 0.4) is 0 Å². The fourth-order valence-corrected chi connectivity index (χ4v) is 1.99. The lowest BCUT2D eigenvalue weighted by Crippen LogP contribution is -2.07. The summed E-state index contributed by atoms with van der Waals surface area (Å²) >= 11 is 0. The van der Waals surface area contributed by atoms with Crippen LogP contribution < -0.4 is 15.4 Å². The van der Waals surface area contributed by atoms with E-state index in [0.717, 1.165) is 17.1 Å². The smallest absolute Gasteiger partial charge is 0.221 e. The van der Waals surface area contributed by atoms with E-state index < -0.39 is 0 Å². The number of rotatable bonds is 5. The van der Waals surface area contributed by atoms with E-state index in [1.807, 2.05) is 36.0 Å². The molecule has 2 aromatic rings. The third-order valence-corrected chi connectivity index (χ3v) is 2.90. The Morgan fingerprint density at radius 2 is 2.15 bits per heavy atom. The molecular weight excluding hydrogens is 254 g/mol. The van der Waals surface area contributed by atoms with Gasteiger partial charge in [-0.1, -0.05) is 0 Å². The van der Waals surface area contributed by atoms with E-state index in [-0.39, 0.29) is 5.91 Å². The number of benzene rings is 1. The Labute approximate surface area is 118 Å². The van der Waals surface area contributed by atoms with Crippen LogP contribution in [0.4, 0.5) is 11.4 Å². The summed E-state index contributed by atoms with van der Waals surface area (Å²) in [4.78, 5) is 11.1. The molecule has 0 saturated heterocycles. The van der Waals surface area contributed by atoms with Crippen LogP contribution in [0.15, 0.2) is 36.7 Å². The Kier molecular flexibility index (Phi) is 4.30. The highest BCUT2D eigenvalue weighted by molar-refractivity contribution is 5.89. The molecule has 0 aliphatic carbocycles. The van der Waals surface area contributed by atoms with Crippen LogP contribution in [0.25, 0.3) is 0 Å². The average molecular weight is 273 g/mol. The summed E-state index contributed by atoms with van der Waals surface area (Å²) in [7, 11) is 3.61. The molecular formula is C15H19N3O2. The van der Waals surface area contributed by atoms with Crippen molar-refractivity contribution in [2.24, 2.45) is 7.05 Å². The number of nitrogens with one attached hydrogen (secondary N) is 2. The topological polar surface area (TPSA) is 55.3 Å². The van der Waals surface area contributed by atoms with Gasteiger partial charge in [0.05, 0.1) is 12.8 Å². The summed E-state index contributed by atoms with van der Waals surface area (Å²) < 4.78 is 7.32. The second-order valence-electron chi connectivity index (χ2n) is 4.64. The lowest BCUT2D eigenvalue weighted by molar-refractivity contribution is -0.114. The number of nitrogens with zero attached hydrogens (tertiary/aromatic N) is 1. The lowest BCUT2D eigenvalue weighted by atomic mass is 10.2. The average Bonchev–Trinajstić information content (AvgIpc) is 2.82. The van der Waals surface area contributed by atoms with Crippen molar-refractivity contribution in [3.8, 4) is 5.75 Å². The van der Waals surface area contributed by atoms with Crippen LogP contribution in [-0.4, -0.2) is 17.6 Å². The number of amides is 1. The molecule has 5 nitrogen and oxygen atoms in total. The summed E-state index contributed by atoms with van der Waals surface area (Å²) in [5.74, 6) is 0.652. The number of aromatic nitrogens is 1. The number of hydrogen-bond donors (Lipinski definition) is 2. The number of aryl methyl sites for hydroxylation is 1. The third-order valence-electron chi connectivity index (χ3n) is 2.90. The maximum Gasteiger partial charge on any atom is 0.221 e. The third kappa shape index (κ3) is 3.54. The monoisotopic (exact) mass is 273 g/mol. The largest absolute Gasteiger partial charge is 0.495 e. The lowest BCUT2D eigenvalue weighted by Gasteiger charge is -2.12. The SMILES string of the molecule is COc1ccc(NC(C)=O)cc1NCc1ccn(C)c1. The molecule has 106 valence electrons. The minimum atomic E-state index is -0.0934. The van der Waals surface area contributed by atoms with Crippen molar-refractivity contribution < 1.29 is 9.53 Å². The number of ether oxygens (including phenoxy) is 1. The highest BCUT2D eigenvalue weighted by atomic mass is 16.5. The Morgan fingerprint density at radius 1 is 1.35 bits per heavy atom. The van der Waals surface area contributed by atoms with Crippen LogP contribution in [0.5, 0.6) is 5.75 Å². The molecule has 2 rings (SSSR count). The highest BCUT2D eigenvalue weighted by Gasteiger charge is 2.05. The molecule has 2 N–H and O–H groups in total. The Balaban J connectivity index is 2.13. The molecule has 0 fully saturated rings. The zero-order valence-corrected chi connectivity index (χ0v) is 11.9. The predicted octanol–water partition coefficient (Wildman–Crippen LogP) is 2.60. The quantitative estimate of drug-likeness (QED) is 0.880. The van der Waals surface area contributed by atoms with Gasteiger partial charge in [0.1, 0.15) is 5.75 Å². The van der Waals surface area contributed by atoms with Crippen molar-refractivity contribution in [1.29, 1.82) is 0 Å². The number of carbonyl (C=O) groups is 1. The molecule has 0 bridgehead atoms. The molecule has 0 atom stereocenters. The second-order valence-corrected chi connectivity index (χ2v) is 4.64. The van der Waals surface area contributed by atoms with Crippen molar-refractivity contribution >= 4 is 17.3 Å². The van der Waals surface area contributed by atoms with Gasteiger partial charge in [0.15, 0.2) is 0 Å². The molecule has 1 aromatic carbocycles. The molecule has 0 radical (unpaired) electrons. The molecule has 1 aromatic heterocycles. The van der Waals surface area contributed by atoms with Gasteiger partial charge in [-0.05, 0) is 29.8 Å². The van der Waals surface area contributed by atoms with Crippen LogP contribution in [0.1, 0.15) is 12.5 Å². The first-order chi connectivity index (χ1) is 9.58. The van der Waals surface area contributed by atoms with E-state index in [9.17, 15) is 4.79 Å². The second kappa shape index (κ2) is 6.14. The molecule has 0 saturated carbocycles. The van der Waals surface area contributed by atoms with Crippen molar-refractivity contribution in [1.82, 2.24) is 4.57 Å². The Morgan fingerprint density at radius 3 is 2.75 bits per heavy atom. The number of hydrogen-bond acceptors (Lipinski definition) is 3. The molecule has 1 heterocycles. The molecule has 0 aliphatic heterocycles. The summed E-state index contributed by atoms with van der Waals surface area (Å²) in [6.45, 7) is 2.18. The van der Waals surface area contributed by atoms with Gasteiger partial charge in [0.2, 0.25) is 5.91 Å². The van der Waals surface area contributed by atoms with Crippen LogP contribution in [0.2, 0.25) is 0 Å². The van der Waals surface area contributed by atoms with Gasteiger partial charge >= 0.3 is 0 Å². The zero-order valence-electron chi connectivity index (χ0n) is 11.9. The highest BCUT2D eigenvalue weighted by Crippen LogP contribution is 2.28. The minimum absolute atomic E-state index is 0.0934. The number of methoxy groups -OCH3 is 1. The van der Waals surface area contributed by atoms with E-state index >= 15 is 0 Å². The van der Waals surface area contributed by atoms with Crippen molar-refractivity contribution in [2.45, 2.75) is 13.5 Å². The zero-order chi connectivity index (χ0) is 14.5.